The Kier molecular flexibility index (Phi) is 7.23. The van der Waals surface area contributed by atoms with Gasteiger partial charge in [-0.2, -0.15) is 0 Å². The smallest absolute Gasteiger partial charge is 0.340 e. The summed E-state index contributed by atoms with van der Waals surface area (Å²) in [6.07, 6.45) is 0. The first kappa shape index (κ1) is 20.3. The lowest BCUT2D eigenvalue weighted by molar-refractivity contribution is 0.0527. The molecule has 2 aromatic carbocycles. The van der Waals surface area contributed by atoms with Crippen molar-refractivity contribution in [3.63, 3.8) is 0 Å². The van der Waals surface area contributed by atoms with Crippen LogP contribution in [0.25, 0.3) is 0 Å². The summed E-state index contributed by atoms with van der Waals surface area (Å²) < 4.78 is 10.8. The van der Waals surface area contributed by atoms with Crippen LogP contribution in [0.4, 0.5) is 10.5 Å². The van der Waals surface area contributed by atoms with Gasteiger partial charge in [-0.25, -0.2) is 9.59 Å². The predicted octanol–water partition coefficient (Wildman–Crippen LogP) is 3.99. The normalized spacial score (nSPS) is 10.2. The Morgan fingerprint density at radius 3 is 2.44 bits per heavy atom. The molecule has 0 fully saturated rings. The molecule has 6 nitrogen and oxygen atoms in total. The number of benzene rings is 2. The Bertz CT molecular complexity index is 818. The lowest BCUT2D eigenvalue weighted by atomic mass is 10.1. The van der Waals surface area contributed by atoms with Gasteiger partial charge in [0.2, 0.25) is 0 Å². The minimum Gasteiger partial charge on any atom is -0.491 e. The molecule has 0 aliphatic rings. The van der Waals surface area contributed by atoms with Gasteiger partial charge in [-0.05, 0) is 56.5 Å². The molecule has 0 atom stereocenters. The molecular formula is C21H26N2O4. The van der Waals surface area contributed by atoms with Gasteiger partial charge in [0.15, 0.2) is 0 Å². The zero-order chi connectivity index (χ0) is 19.8. The number of urea groups is 1. The number of amides is 2. The molecule has 0 bridgehead atoms. The number of nitrogens with one attached hydrogen (secondary N) is 2. The van der Waals surface area contributed by atoms with Gasteiger partial charge in [0, 0.05) is 0 Å². The minimum atomic E-state index is -0.470. The van der Waals surface area contributed by atoms with Crippen LogP contribution in [0, 0.1) is 20.8 Å². The van der Waals surface area contributed by atoms with Gasteiger partial charge in [-0.1, -0.05) is 24.3 Å². The fraction of sp³-hybridized carbons (Fsp3) is 0.333. The summed E-state index contributed by atoms with van der Waals surface area (Å²) in [5, 5.41) is 5.40. The molecule has 2 N–H and O–H groups in total. The monoisotopic (exact) mass is 370 g/mol. The predicted molar refractivity (Wildman–Crippen MR) is 106 cm³/mol. The van der Waals surface area contributed by atoms with E-state index in [0.29, 0.717) is 24.4 Å². The molecule has 0 radical (unpaired) electrons. The number of hydrogen-bond acceptors (Lipinski definition) is 4. The Labute approximate surface area is 159 Å². The number of ether oxygens (including phenoxy) is 2. The number of hydrogen-bond donors (Lipinski definition) is 2. The summed E-state index contributed by atoms with van der Waals surface area (Å²) in [4.78, 5) is 24.1. The van der Waals surface area contributed by atoms with Gasteiger partial charge >= 0.3 is 12.0 Å². The molecule has 0 aromatic heterocycles. The largest absolute Gasteiger partial charge is 0.491 e. The summed E-state index contributed by atoms with van der Waals surface area (Å²) in [5.74, 6) is 0.381. The third kappa shape index (κ3) is 5.48. The molecule has 0 aliphatic heterocycles. The van der Waals surface area contributed by atoms with E-state index in [4.69, 9.17) is 9.47 Å². The molecule has 0 saturated heterocycles. The maximum Gasteiger partial charge on any atom is 0.340 e. The van der Waals surface area contributed by atoms with Crippen LogP contribution in [-0.4, -0.2) is 31.8 Å². The first-order valence-corrected chi connectivity index (χ1v) is 8.94. The molecular weight excluding hydrogens is 344 g/mol. The topological polar surface area (TPSA) is 76.7 Å². The first-order valence-electron chi connectivity index (χ1n) is 8.94. The van der Waals surface area contributed by atoms with E-state index in [1.165, 1.54) is 0 Å². The van der Waals surface area contributed by atoms with Crippen molar-refractivity contribution in [2.24, 2.45) is 0 Å². The second kappa shape index (κ2) is 9.62. The maximum absolute atomic E-state index is 12.1. The number of esters is 1. The second-order valence-corrected chi connectivity index (χ2v) is 6.15. The van der Waals surface area contributed by atoms with Crippen molar-refractivity contribution in [1.29, 1.82) is 0 Å². The summed E-state index contributed by atoms with van der Waals surface area (Å²) >= 11 is 0. The molecule has 2 aromatic rings. The molecule has 0 unspecified atom stereocenters. The van der Waals surface area contributed by atoms with E-state index in [-0.39, 0.29) is 6.61 Å². The zero-order valence-electron chi connectivity index (χ0n) is 16.2. The number of aryl methyl sites for hydroxylation is 2. The van der Waals surface area contributed by atoms with Gasteiger partial charge in [-0.3, -0.25) is 0 Å². The van der Waals surface area contributed by atoms with Crippen molar-refractivity contribution >= 4 is 17.7 Å². The van der Waals surface area contributed by atoms with Gasteiger partial charge in [0.25, 0.3) is 0 Å². The summed E-state index contributed by atoms with van der Waals surface area (Å²) in [6.45, 7) is 8.73. The third-order valence-corrected chi connectivity index (χ3v) is 4.18. The lowest BCUT2D eigenvalue weighted by Gasteiger charge is -2.15. The van der Waals surface area contributed by atoms with Crippen molar-refractivity contribution in [3.05, 3.63) is 58.7 Å². The average molecular weight is 370 g/mol. The quantitative estimate of drug-likeness (QED) is 0.571. The van der Waals surface area contributed by atoms with E-state index >= 15 is 0 Å². The highest BCUT2D eigenvalue weighted by Crippen LogP contribution is 2.25. The molecule has 2 rings (SSSR count). The molecule has 144 valence electrons. The molecule has 2 amide bonds. The Morgan fingerprint density at radius 1 is 1.00 bits per heavy atom. The Morgan fingerprint density at radius 2 is 1.70 bits per heavy atom. The number of rotatable bonds is 7. The van der Waals surface area contributed by atoms with E-state index < -0.39 is 12.0 Å². The van der Waals surface area contributed by atoms with Crippen LogP contribution >= 0.6 is 0 Å². The fourth-order valence-corrected chi connectivity index (χ4v) is 2.61. The molecule has 0 saturated carbocycles. The SMILES string of the molecule is CCOC(=O)c1ccccc1NC(=O)NCCOc1c(C)ccc(C)c1C. The highest BCUT2D eigenvalue weighted by Gasteiger charge is 2.13. The Balaban J connectivity index is 1.88. The average Bonchev–Trinajstić information content (AvgIpc) is 2.65. The van der Waals surface area contributed by atoms with Crippen LogP contribution in [0.5, 0.6) is 5.75 Å². The first-order chi connectivity index (χ1) is 12.9. The van der Waals surface area contributed by atoms with Crippen LogP contribution in [0.15, 0.2) is 36.4 Å². The van der Waals surface area contributed by atoms with Crippen LogP contribution < -0.4 is 15.4 Å². The van der Waals surface area contributed by atoms with Gasteiger partial charge < -0.3 is 20.1 Å². The highest BCUT2D eigenvalue weighted by atomic mass is 16.5. The molecule has 0 spiro atoms. The summed E-state index contributed by atoms with van der Waals surface area (Å²) in [6, 6.07) is 10.4. The van der Waals surface area contributed by atoms with Crippen LogP contribution in [0.1, 0.15) is 34.0 Å². The van der Waals surface area contributed by atoms with Gasteiger partial charge in [0.05, 0.1) is 24.4 Å². The number of carbonyl (C=O) groups excluding carboxylic acids is 2. The van der Waals surface area contributed by atoms with Crippen LogP contribution in [0.2, 0.25) is 0 Å². The molecule has 27 heavy (non-hydrogen) atoms. The second-order valence-electron chi connectivity index (χ2n) is 6.15. The van der Waals surface area contributed by atoms with Crippen LogP contribution in [0.3, 0.4) is 0 Å². The van der Waals surface area contributed by atoms with E-state index in [1.807, 2.05) is 26.8 Å². The number of para-hydroxylation sites is 1. The molecule has 0 heterocycles. The molecule has 0 aliphatic carbocycles. The van der Waals surface area contributed by atoms with Crippen LogP contribution in [-0.2, 0) is 4.74 Å². The van der Waals surface area contributed by atoms with E-state index in [1.54, 1.807) is 31.2 Å². The maximum atomic E-state index is 12.1. The van der Waals surface area contributed by atoms with Crippen molar-refractivity contribution in [1.82, 2.24) is 5.32 Å². The minimum absolute atomic E-state index is 0.272. The Hall–Kier alpha value is -3.02. The van der Waals surface area contributed by atoms with E-state index in [2.05, 4.69) is 16.7 Å². The number of carbonyl (C=O) groups is 2. The zero-order valence-corrected chi connectivity index (χ0v) is 16.2. The van der Waals surface area contributed by atoms with Crippen molar-refractivity contribution < 1.29 is 19.1 Å². The summed E-state index contributed by atoms with van der Waals surface area (Å²) in [7, 11) is 0. The van der Waals surface area contributed by atoms with Gasteiger partial charge in [-0.15, -0.1) is 0 Å². The van der Waals surface area contributed by atoms with E-state index in [9.17, 15) is 9.59 Å². The third-order valence-electron chi connectivity index (χ3n) is 4.18. The lowest BCUT2D eigenvalue weighted by Crippen LogP contribution is -2.32. The standard InChI is InChI=1S/C21H26N2O4/c1-5-26-20(24)17-8-6-7-9-18(17)23-21(25)22-12-13-27-19-15(3)11-10-14(2)16(19)4/h6-11H,5,12-13H2,1-4H3,(H2,22,23,25). The van der Waals surface area contributed by atoms with Crippen molar-refractivity contribution in [2.75, 3.05) is 25.1 Å². The van der Waals surface area contributed by atoms with E-state index in [0.717, 1.165) is 22.4 Å². The van der Waals surface area contributed by atoms with Crippen molar-refractivity contribution in [3.8, 4) is 5.75 Å². The molecule has 6 heteroatoms. The van der Waals surface area contributed by atoms with Crippen molar-refractivity contribution in [2.45, 2.75) is 27.7 Å². The summed E-state index contributed by atoms with van der Waals surface area (Å²) in [5.41, 5.74) is 4.04. The highest BCUT2D eigenvalue weighted by molar-refractivity contribution is 6.00. The fourth-order valence-electron chi connectivity index (χ4n) is 2.61. The number of anilines is 1. The van der Waals surface area contributed by atoms with Gasteiger partial charge in [0.1, 0.15) is 12.4 Å².